The highest BCUT2D eigenvalue weighted by molar-refractivity contribution is 9.10. The first-order chi connectivity index (χ1) is 8.47. The van der Waals surface area contributed by atoms with Crippen molar-refractivity contribution in [3.05, 3.63) is 43.8 Å². The second-order valence-corrected chi connectivity index (χ2v) is 6.77. The number of benzene rings is 1. The average Bonchev–Trinajstić information content (AvgIpc) is 2.63. The van der Waals surface area contributed by atoms with Crippen LogP contribution in [0.1, 0.15) is 34.1 Å². The molecule has 1 unspecified atom stereocenters. The maximum absolute atomic E-state index is 4.59. The largest absolute Gasteiger partial charge is 0.377 e. The summed E-state index contributed by atoms with van der Waals surface area (Å²) in [4.78, 5) is 5.89. The van der Waals surface area contributed by atoms with E-state index in [1.165, 1.54) is 10.4 Å². The van der Waals surface area contributed by atoms with Crippen LogP contribution in [0.5, 0.6) is 0 Å². The van der Waals surface area contributed by atoms with Crippen molar-refractivity contribution < 1.29 is 0 Å². The lowest BCUT2D eigenvalue weighted by Crippen LogP contribution is -2.08. The van der Waals surface area contributed by atoms with Gasteiger partial charge in [-0.25, -0.2) is 4.98 Å². The van der Waals surface area contributed by atoms with Crippen molar-refractivity contribution in [2.45, 2.75) is 33.7 Å². The Hall–Kier alpha value is -0.870. The van der Waals surface area contributed by atoms with Crippen LogP contribution in [-0.4, -0.2) is 4.98 Å². The van der Waals surface area contributed by atoms with E-state index in [0.29, 0.717) is 0 Å². The normalized spacial score (nSPS) is 12.5. The van der Waals surface area contributed by atoms with Gasteiger partial charge in [0.25, 0.3) is 0 Å². The summed E-state index contributed by atoms with van der Waals surface area (Å²) in [5.41, 5.74) is 3.52. The minimum atomic E-state index is 0.232. The molecule has 0 aliphatic carbocycles. The molecule has 0 spiro atoms. The maximum Gasteiger partial charge on any atom is 0.0901 e. The molecule has 0 aliphatic heterocycles. The van der Waals surface area contributed by atoms with Crippen molar-refractivity contribution in [1.29, 1.82) is 0 Å². The second kappa shape index (κ2) is 5.41. The zero-order valence-corrected chi connectivity index (χ0v) is 13.4. The molecule has 0 radical (unpaired) electrons. The summed E-state index contributed by atoms with van der Waals surface area (Å²) in [6.07, 6.45) is 0. The maximum atomic E-state index is 4.59. The highest BCUT2D eigenvalue weighted by atomic mass is 79.9. The average molecular weight is 325 g/mol. The number of hydrogen-bond acceptors (Lipinski definition) is 3. The summed E-state index contributed by atoms with van der Waals surface area (Å²) in [7, 11) is 0. The third kappa shape index (κ3) is 2.93. The molecule has 1 aromatic heterocycles. The highest BCUT2D eigenvalue weighted by Crippen LogP contribution is 2.27. The minimum absolute atomic E-state index is 0.232. The van der Waals surface area contributed by atoms with E-state index in [1.807, 2.05) is 0 Å². The Labute approximate surface area is 121 Å². The quantitative estimate of drug-likeness (QED) is 0.858. The summed E-state index contributed by atoms with van der Waals surface area (Å²) in [5.74, 6) is 0. The fraction of sp³-hybridized carbons (Fsp3) is 0.357. The van der Waals surface area contributed by atoms with Crippen molar-refractivity contribution >= 4 is 33.0 Å². The van der Waals surface area contributed by atoms with E-state index in [0.717, 1.165) is 20.9 Å². The molecule has 0 fully saturated rings. The fourth-order valence-electron chi connectivity index (χ4n) is 2.00. The Kier molecular flexibility index (Phi) is 4.07. The van der Waals surface area contributed by atoms with E-state index >= 15 is 0 Å². The molecule has 96 valence electrons. The summed E-state index contributed by atoms with van der Waals surface area (Å²) >= 11 is 5.27. The summed E-state index contributed by atoms with van der Waals surface area (Å²) < 4.78 is 1.14. The number of aryl methyl sites for hydroxylation is 3. The summed E-state index contributed by atoms with van der Waals surface area (Å²) in [5, 5.41) is 4.63. The Bertz CT molecular complexity index is 563. The standard InChI is InChI=1S/C14H17BrN2S/c1-8-7-12(5-6-13(8)15)16-9(2)14-10(3)18-11(4)17-14/h5-7,9,16H,1-4H3. The van der Waals surface area contributed by atoms with Crippen LogP contribution in [0.15, 0.2) is 22.7 Å². The van der Waals surface area contributed by atoms with Crippen LogP contribution in [0.2, 0.25) is 0 Å². The molecular weight excluding hydrogens is 308 g/mol. The first kappa shape index (κ1) is 13.6. The topological polar surface area (TPSA) is 24.9 Å². The molecular formula is C14H17BrN2S. The Balaban J connectivity index is 2.18. The van der Waals surface area contributed by atoms with Gasteiger partial charge in [-0.05, 0) is 51.5 Å². The van der Waals surface area contributed by atoms with Gasteiger partial charge >= 0.3 is 0 Å². The van der Waals surface area contributed by atoms with Crippen molar-refractivity contribution in [3.63, 3.8) is 0 Å². The summed E-state index contributed by atoms with van der Waals surface area (Å²) in [6, 6.07) is 6.54. The van der Waals surface area contributed by atoms with Crippen LogP contribution in [0.25, 0.3) is 0 Å². The molecule has 18 heavy (non-hydrogen) atoms. The fourth-order valence-corrected chi connectivity index (χ4v) is 3.16. The monoisotopic (exact) mass is 324 g/mol. The van der Waals surface area contributed by atoms with Gasteiger partial charge in [-0.2, -0.15) is 0 Å². The van der Waals surface area contributed by atoms with Gasteiger partial charge in [0.05, 0.1) is 16.7 Å². The lowest BCUT2D eigenvalue weighted by Gasteiger charge is -2.15. The van der Waals surface area contributed by atoms with Crippen LogP contribution in [0.3, 0.4) is 0 Å². The SMILES string of the molecule is Cc1nc(C(C)Nc2ccc(Br)c(C)c2)c(C)s1. The molecule has 4 heteroatoms. The molecule has 2 rings (SSSR count). The van der Waals surface area contributed by atoms with Crippen LogP contribution >= 0.6 is 27.3 Å². The van der Waals surface area contributed by atoms with E-state index in [2.05, 4.69) is 72.1 Å². The number of aromatic nitrogens is 1. The van der Waals surface area contributed by atoms with Crippen molar-refractivity contribution in [2.75, 3.05) is 5.32 Å². The predicted octanol–water partition coefficient (Wildman–Crippen LogP) is 5.00. The molecule has 1 heterocycles. The molecule has 0 bridgehead atoms. The van der Waals surface area contributed by atoms with Gasteiger partial charge in [0.2, 0.25) is 0 Å². The molecule has 0 saturated heterocycles. The lowest BCUT2D eigenvalue weighted by atomic mass is 10.1. The van der Waals surface area contributed by atoms with E-state index in [1.54, 1.807) is 11.3 Å². The van der Waals surface area contributed by atoms with Crippen LogP contribution < -0.4 is 5.32 Å². The molecule has 0 saturated carbocycles. The van der Waals surface area contributed by atoms with Gasteiger partial charge < -0.3 is 5.32 Å². The Morgan fingerprint density at radius 1 is 1.28 bits per heavy atom. The molecule has 2 aromatic rings. The van der Waals surface area contributed by atoms with Crippen molar-refractivity contribution in [3.8, 4) is 0 Å². The number of nitrogens with zero attached hydrogens (tertiary/aromatic N) is 1. The molecule has 1 aromatic carbocycles. The third-order valence-electron chi connectivity index (χ3n) is 2.89. The van der Waals surface area contributed by atoms with Gasteiger partial charge in [0, 0.05) is 15.0 Å². The highest BCUT2D eigenvalue weighted by Gasteiger charge is 2.13. The zero-order chi connectivity index (χ0) is 13.3. The Morgan fingerprint density at radius 3 is 2.56 bits per heavy atom. The van der Waals surface area contributed by atoms with E-state index in [9.17, 15) is 0 Å². The number of anilines is 1. The second-order valence-electron chi connectivity index (χ2n) is 4.50. The van der Waals surface area contributed by atoms with E-state index in [-0.39, 0.29) is 6.04 Å². The number of thiazole rings is 1. The van der Waals surface area contributed by atoms with Gasteiger partial charge in [-0.3, -0.25) is 0 Å². The van der Waals surface area contributed by atoms with Crippen molar-refractivity contribution in [2.24, 2.45) is 0 Å². The number of halogens is 1. The molecule has 2 nitrogen and oxygen atoms in total. The molecule has 1 N–H and O–H groups in total. The first-order valence-corrected chi connectivity index (χ1v) is 7.55. The van der Waals surface area contributed by atoms with Gasteiger partial charge in [-0.15, -0.1) is 11.3 Å². The first-order valence-electron chi connectivity index (χ1n) is 5.94. The van der Waals surface area contributed by atoms with Gasteiger partial charge in [-0.1, -0.05) is 15.9 Å². The summed E-state index contributed by atoms with van der Waals surface area (Å²) in [6.45, 7) is 8.43. The van der Waals surface area contributed by atoms with Gasteiger partial charge in [0.1, 0.15) is 0 Å². The van der Waals surface area contributed by atoms with Crippen LogP contribution in [0, 0.1) is 20.8 Å². The Morgan fingerprint density at radius 2 is 2.00 bits per heavy atom. The molecule has 0 aliphatic rings. The van der Waals surface area contributed by atoms with Gasteiger partial charge in [0.15, 0.2) is 0 Å². The molecule has 1 atom stereocenters. The zero-order valence-electron chi connectivity index (χ0n) is 11.0. The van der Waals surface area contributed by atoms with Crippen LogP contribution in [0.4, 0.5) is 5.69 Å². The smallest absolute Gasteiger partial charge is 0.0901 e. The predicted molar refractivity (Wildman–Crippen MR) is 82.5 cm³/mol. The van der Waals surface area contributed by atoms with E-state index in [4.69, 9.17) is 0 Å². The number of hydrogen-bond donors (Lipinski definition) is 1. The number of rotatable bonds is 3. The minimum Gasteiger partial charge on any atom is -0.377 e. The number of nitrogens with one attached hydrogen (secondary N) is 1. The molecule has 0 amide bonds. The third-order valence-corrected chi connectivity index (χ3v) is 4.68. The van der Waals surface area contributed by atoms with Crippen LogP contribution in [-0.2, 0) is 0 Å². The van der Waals surface area contributed by atoms with Crippen molar-refractivity contribution in [1.82, 2.24) is 4.98 Å². The lowest BCUT2D eigenvalue weighted by molar-refractivity contribution is 0.837. The van der Waals surface area contributed by atoms with E-state index < -0.39 is 0 Å².